The lowest BCUT2D eigenvalue weighted by atomic mass is 10.3. The van der Waals surface area contributed by atoms with E-state index in [1.165, 1.54) is 6.07 Å². The molecule has 0 saturated heterocycles. The first-order valence-corrected chi connectivity index (χ1v) is 7.50. The Kier molecular flexibility index (Phi) is 4.07. The highest BCUT2D eigenvalue weighted by Crippen LogP contribution is 2.24. The first-order valence-electron chi connectivity index (χ1n) is 6.02. The summed E-state index contributed by atoms with van der Waals surface area (Å²) in [5.41, 5.74) is 5.54. The number of hydrogen-bond donors (Lipinski definition) is 2. The van der Waals surface area contributed by atoms with Crippen molar-refractivity contribution in [2.75, 3.05) is 12.8 Å². The van der Waals surface area contributed by atoms with Crippen LogP contribution in [0.1, 0.15) is 19.3 Å². The second-order valence-electron chi connectivity index (χ2n) is 4.71. The van der Waals surface area contributed by atoms with Crippen LogP contribution in [-0.4, -0.2) is 27.7 Å². The molecule has 0 radical (unpaired) electrons. The minimum atomic E-state index is -3.75. The number of nitrogens with one attached hydrogen (secondary N) is 1. The molecule has 1 saturated carbocycles. The Labute approximate surface area is 112 Å². The molecule has 2 unspecified atom stereocenters. The standard InChI is InChI=1S/C12H17FN2O3S/c1-18-11-3-2-10(7-11)15-19(16,17)12-5-8(13)4-9(14)6-12/h4-6,10-11,15H,2-3,7,14H2,1H3. The summed E-state index contributed by atoms with van der Waals surface area (Å²) in [6.45, 7) is 0. The van der Waals surface area contributed by atoms with Gasteiger partial charge in [0.05, 0.1) is 11.0 Å². The van der Waals surface area contributed by atoms with Crippen molar-refractivity contribution in [3.05, 3.63) is 24.0 Å². The van der Waals surface area contributed by atoms with Crippen molar-refractivity contribution in [2.24, 2.45) is 0 Å². The third-order valence-corrected chi connectivity index (χ3v) is 4.74. The molecule has 0 aromatic heterocycles. The minimum absolute atomic E-state index is 0.0743. The molecule has 1 aliphatic rings. The van der Waals surface area contributed by atoms with Crippen LogP contribution in [0, 0.1) is 5.82 Å². The van der Waals surface area contributed by atoms with Gasteiger partial charge in [0.15, 0.2) is 0 Å². The highest BCUT2D eigenvalue weighted by molar-refractivity contribution is 7.89. The Balaban J connectivity index is 2.14. The van der Waals surface area contributed by atoms with Crippen LogP contribution in [0.2, 0.25) is 0 Å². The van der Waals surface area contributed by atoms with Gasteiger partial charge in [-0.2, -0.15) is 0 Å². The van der Waals surface area contributed by atoms with Gasteiger partial charge in [0.2, 0.25) is 10.0 Å². The molecule has 2 rings (SSSR count). The fourth-order valence-electron chi connectivity index (χ4n) is 2.29. The summed E-state index contributed by atoms with van der Waals surface area (Å²) < 4.78 is 45.2. The summed E-state index contributed by atoms with van der Waals surface area (Å²) in [7, 11) is -2.14. The van der Waals surface area contributed by atoms with Gasteiger partial charge in [-0.25, -0.2) is 17.5 Å². The van der Waals surface area contributed by atoms with Crippen molar-refractivity contribution in [2.45, 2.75) is 36.3 Å². The van der Waals surface area contributed by atoms with Crippen molar-refractivity contribution in [1.29, 1.82) is 0 Å². The molecule has 0 heterocycles. The number of hydrogen-bond acceptors (Lipinski definition) is 4. The molecule has 3 N–H and O–H groups in total. The van der Waals surface area contributed by atoms with Crippen LogP contribution in [0.15, 0.2) is 23.1 Å². The predicted octanol–water partition coefficient (Wildman–Crippen LogP) is 1.25. The van der Waals surface area contributed by atoms with Crippen molar-refractivity contribution in [1.82, 2.24) is 4.72 Å². The molecule has 0 spiro atoms. The maximum Gasteiger partial charge on any atom is 0.240 e. The number of anilines is 1. The normalized spacial score (nSPS) is 23.7. The lowest BCUT2D eigenvalue weighted by Crippen LogP contribution is -2.33. The van der Waals surface area contributed by atoms with E-state index in [0.29, 0.717) is 12.8 Å². The van der Waals surface area contributed by atoms with E-state index >= 15 is 0 Å². The van der Waals surface area contributed by atoms with Crippen LogP contribution < -0.4 is 10.5 Å². The van der Waals surface area contributed by atoms with Crippen molar-refractivity contribution >= 4 is 15.7 Å². The number of nitrogen functional groups attached to an aromatic ring is 1. The monoisotopic (exact) mass is 288 g/mol. The van der Waals surface area contributed by atoms with Gasteiger partial charge in [-0.1, -0.05) is 0 Å². The summed E-state index contributed by atoms with van der Waals surface area (Å²) in [6, 6.07) is 3.10. The summed E-state index contributed by atoms with van der Waals surface area (Å²) in [6.07, 6.45) is 2.23. The third kappa shape index (κ3) is 3.43. The molecule has 7 heteroatoms. The van der Waals surface area contributed by atoms with Crippen LogP contribution in [0.5, 0.6) is 0 Å². The van der Waals surface area contributed by atoms with Gasteiger partial charge in [-0.15, -0.1) is 0 Å². The fraction of sp³-hybridized carbons (Fsp3) is 0.500. The van der Waals surface area contributed by atoms with E-state index in [9.17, 15) is 12.8 Å². The Morgan fingerprint density at radius 1 is 1.37 bits per heavy atom. The SMILES string of the molecule is COC1CCC(NS(=O)(=O)c2cc(N)cc(F)c2)C1. The number of halogens is 1. The molecule has 0 bridgehead atoms. The van der Waals surface area contributed by atoms with E-state index in [2.05, 4.69) is 4.72 Å². The minimum Gasteiger partial charge on any atom is -0.399 e. The van der Waals surface area contributed by atoms with Crippen molar-refractivity contribution in [3.63, 3.8) is 0 Å². The van der Waals surface area contributed by atoms with Gasteiger partial charge >= 0.3 is 0 Å². The third-order valence-electron chi connectivity index (χ3n) is 3.24. The number of ether oxygens (including phenoxy) is 1. The second kappa shape index (κ2) is 5.44. The van der Waals surface area contributed by atoms with E-state index in [0.717, 1.165) is 18.6 Å². The molecule has 0 aliphatic heterocycles. The Hall–Kier alpha value is -1.18. The molecule has 1 aliphatic carbocycles. The van der Waals surface area contributed by atoms with E-state index in [4.69, 9.17) is 10.5 Å². The maximum absolute atomic E-state index is 13.2. The Bertz CT molecular complexity index is 542. The predicted molar refractivity (Wildman–Crippen MR) is 69.6 cm³/mol. The van der Waals surface area contributed by atoms with Crippen LogP contribution in [-0.2, 0) is 14.8 Å². The van der Waals surface area contributed by atoms with Gasteiger partial charge in [0.25, 0.3) is 0 Å². The average molecular weight is 288 g/mol. The molecule has 2 atom stereocenters. The van der Waals surface area contributed by atoms with Crippen molar-refractivity contribution < 1.29 is 17.5 Å². The number of sulfonamides is 1. The fourth-order valence-corrected chi connectivity index (χ4v) is 3.64. The van der Waals surface area contributed by atoms with Gasteiger partial charge in [0, 0.05) is 18.8 Å². The smallest absolute Gasteiger partial charge is 0.240 e. The molecule has 5 nitrogen and oxygen atoms in total. The van der Waals surface area contributed by atoms with E-state index in [1.54, 1.807) is 7.11 Å². The largest absolute Gasteiger partial charge is 0.399 e. The number of methoxy groups -OCH3 is 1. The number of nitrogens with two attached hydrogens (primary N) is 1. The summed E-state index contributed by atoms with van der Waals surface area (Å²) in [4.78, 5) is -0.147. The number of benzene rings is 1. The zero-order chi connectivity index (χ0) is 14.0. The molecule has 0 amide bonds. The van der Waals surface area contributed by atoms with Crippen molar-refractivity contribution in [3.8, 4) is 0 Å². The van der Waals surface area contributed by atoms with Gasteiger partial charge < -0.3 is 10.5 Å². The zero-order valence-electron chi connectivity index (χ0n) is 10.6. The van der Waals surface area contributed by atoms with Crippen LogP contribution >= 0.6 is 0 Å². The molecule has 1 aromatic rings. The van der Waals surface area contributed by atoms with Gasteiger partial charge in [-0.05, 0) is 37.5 Å². The lowest BCUT2D eigenvalue weighted by molar-refractivity contribution is 0.107. The van der Waals surface area contributed by atoms with Crippen LogP contribution in [0.4, 0.5) is 10.1 Å². The first-order chi connectivity index (χ1) is 8.90. The zero-order valence-corrected chi connectivity index (χ0v) is 11.4. The van der Waals surface area contributed by atoms with E-state index in [1.807, 2.05) is 0 Å². The first kappa shape index (κ1) is 14.2. The van der Waals surface area contributed by atoms with Crippen LogP contribution in [0.25, 0.3) is 0 Å². The maximum atomic E-state index is 13.2. The highest BCUT2D eigenvalue weighted by atomic mass is 32.2. The quantitative estimate of drug-likeness (QED) is 0.817. The Morgan fingerprint density at radius 3 is 2.68 bits per heavy atom. The number of rotatable bonds is 4. The second-order valence-corrected chi connectivity index (χ2v) is 6.42. The summed E-state index contributed by atoms with van der Waals surface area (Å²) in [5.74, 6) is -0.665. The van der Waals surface area contributed by atoms with Gasteiger partial charge in [0.1, 0.15) is 5.82 Å². The topological polar surface area (TPSA) is 81.4 Å². The average Bonchev–Trinajstić information content (AvgIpc) is 2.74. The van der Waals surface area contributed by atoms with Crippen LogP contribution in [0.3, 0.4) is 0 Å². The Morgan fingerprint density at radius 2 is 2.11 bits per heavy atom. The van der Waals surface area contributed by atoms with E-state index < -0.39 is 15.8 Å². The molecule has 1 fully saturated rings. The lowest BCUT2D eigenvalue weighted by Gasteiger charge is -2.13. The van der Waals surface area contributed by atoms with Gasteiger partial charge in [-0.3, -0.25) is 0 Å². The molecule has 1 aromatic carbocycles. The molecule has 106 valence electrons. The summed E-state index contributed by atoms with van der Waals surface area (Å²) >= 11 is 0. The molecule has 19 heavy (non-hydrogen) atoms. The van der Waals surface area contributed by atoms with E-state index in [-0.39, 0.29) is 22.7 Å². The molecular weight excluding hydrogens is 271 g/mol. The highest BCUT2D eigenvalue weighted by Gasteiger charge is 2.28. The molecular formula is C12H17FN2O3S. The summed E-state index contributed by atoms with van der Waals surface area (Å²) in [5, 5.41) is 0.